The van der Waals surface area contributed by atoms with Crippen molar-refractivity contribution >= 4 is 5.91 Å². The minimum atomic E-state index is 0.130. The predicted octanol–water partition coefficient (Wildman–Crippen LogP) is 2.69. The Hall–Kier alpha value is -0.570. The lowest BCUT2D eigenvalue weighted by atomic mass is 9.79. The highest BCUT2D eigenvalue weighted by Gasteiger charge is 2.29. The third-order valence-corrected chi connectivity index (χ3v) is 3.92. The summed E-state index contributed by atoms with van der Waals surface area (Å²) < 4.78 is 0. The van der Waals surface area contributed by atoms with Crippen molar-refractivity contribution in [1.29, 1.82) is 0 Å². The summed E-state index contributed by atoms with van der Waals surface area (Å²) in [6, 6.07) is 0.490. The van der Waals surface area contributed by atoms with Gasteiger partial charge in [-0.1, -0.05) is 20.8 Å². The second-order valence-corrected chi connectivity index (χ2v) is 6.65. The average molecular weight is 254 g/mol. The Balaban J connectivity index is 2.35. The highest BCUT2D eigenvalue weighted by molar-refractivity contribution is 5.79. The van der Waals surface area contributed by atoms with Gasteiger partial charge in [0.05, 0.1) is 0 Å². The standard InChI is InChI=1S/C15H30N2O/c1-10(2)5-6-12(4)17-15(18)13-7-11(3)8-14(16)9-13/h10-14H,5-9,16H2,1-4H3,(H,17,18). The summed E-state index contributed by atoms with van der Waals surface area (Å²) in [6.45, 7) is 8.74. The normalized spacial score (nSPS) is 30.2. The van der Waals surface area contributed by atoms with E-state index in [-0.39, 0.29) is 23.9 Å². The minimum Gasteiger partial charge on any atom is -0.353 e. The maximum Gasteiger partial charge on any atom is 0.223 e. The molecule has 0 aromatic rings. The van der Waals surface area contributed by atoms with Crippen LogP contribution < -0.4 is 11.1 Å². The minimum absolute atomic E-state index is 0.130. The van der Waals surface area contributed by atoms with Crippen LogP contribution in [-0.2, 0) is 4.79 Å². The summed E-state index contributed by atoms with van der Waals surface area (Å²) in [7, 11) is 0. The zero-order chi connectivity index (χ0) is 13.7. The average Bonchev–Trinajstić information content (AvgIpc) is 2.25. The quantitative estimate of drug-likeness (QED) is 0.792. The van der Waals surface area contributed by atoms with Crippen LogP contribution in [0.2, 0.25) is 0 Å². The van der Waals surface area contributed by atoms with Crippen LogP contribution in [0.3, 0.4) is 0 Å². The number of nitrogens with one attached hydrogen (secondary N) is 1. The van der Waals surface area contributed by atoms with Gasteiger partial charge < -0.3 is 11.1 Å². The molecule has 1 amide bonds. The Kier molecular flexibility index (Phi) is 6.13. The summed E-state index contributed by atoms with van der Waals surface area (Å²) in [6.07, 6.45) is 5.15. The van der Waals surface area contributed by atoms with E-state index in [1.807, 2.05) is 0 Å². The number of rotatable bonds is 5. The first-order chi connectivity index (χ1) is 8.38. The number of carbonyl (C=O) groups is 1. The van der Waals surface area contributed by atoms with Gasteiger partial charge in [0, 0.05) is 18.0 Å². The SMILES string of the molecule is CC(C)CCC(C)NC(=O)C1CC(C)CC(N)C1. The molecule has 18 heavy (non-hydrogen) atoms. The van der Waals surface area contributed by atoms with Crippen molar-refractivity contribution in [2.45, 2.75) is 71.9 Å². The van der Waals surface area contributed by atoms with Crippen molar-refractivity contribution in [1.82, 2.24) is 5.32 Å². The van der Waals surface area contributed by atoms with Crippen molar-refractivity contribution < 1.29 is 4.79 Å². The van der Waals surface area contributed by atoms with E-state index in [2.05, 4.69) is 33.0 Å². The fourth-order valence-electron chi connectivity index (χ4n) is 2.89. The summed E-state index contributed by atoms with van der Waals surface area (Å²) in [4.78, 5) is 12.2. The Labute approximate surface area is 112 Å². The van der Waals surface area contributed by atoms with Crippen LogP contribution in [0.1, 0.15) is 59.8 Å². The molecule has 1 rings (SSSR count). The Morgan fingerprint density at radius 2 is 1.89 bits per heavy atom. The molecule has 0 aromatic heterocycles. The molecule has 1 aliphatic carbocycles. The van der Waals surface area contributed by atoms with Gasteiger partial charge in [-0.15, -0.1) is 0 Å². The fourth-order valence-corrected chi connectivity index (χ4v) is 2.89. The van der Waals surface area contributed by atoms with E-state index in [4.69, 9.17) is 5.73 Å². The van der Waals surface area contributed by atoms with E-state index >= 15 is 0 Å². The molecule has 0 spiro atoms. The molecule has 0 saturated heterocycles. The van der Waals surface area contributed by atoms with Gasteiger partial charge in [0.1, 0.15) is 0 Å². The summed E-state index contributed by atoms with van der Waals surface area (Å²) >= 11 is 0. The fraction of sp³-hybridized carbons (Fsp3) is 0.933. The predicted molar refractivity (Wildman–Crippen MR) is 76.2 cm³/mol. The number of hydrogen-bond acceptors (Lipinski definition) is 2. The molecule has 0 bridgehead atoms. The number of carbonyl (C=O) groups excluding carboxylic acids is 1. The van der Waals surface area contributed by atoms with E-state index in [0.717, 1.165) is 25.7 Å². The molecule has 4 atom stereocenters. The van der Waals surface area contributed by atoms with Crippen LogP contribution in [0.4, 0.5) is 0 Å². The van der Waals surface area contributed by atoms with E-state index in [0.29, 0.717) is 11.8 Å². The first-order valence-electron chi connectivity index (χ1n) is 7.44. The Bertz CT molecular complexity index is 255. The molecule has 0 radical (unpaired) electrons. The largest absolute Gasteiger partial charge is 0.353 e. The Morgan fingerprint density at radius 1 is 1.22 bits per heavy atom. The number of amides is 1. The van der Waals surface area contributed by atoms with Gasteiger partial charge in [-0.3, -0.25) is 4.79 Å². The van der Waals surface area contributed by atoms with E-state index in [1.165, 1.54) is 6.42 Å². The van der Waals surface area contributed by atoms with Crippen LogP contribution in [0, 0.1) is 17.8 Å². The van der Waals surface area contributed by atoms with Crippen LogP contribution in [0.15, 0.2) is 0 Å². The number of nitrogens with two attached hydrogens (primary N) is 1. The zero-order valence-corrected chi connectivity index (χ0v) is 12.4. The molecule has 0 aromatic carbocycles. The molecular formula is C15H30N2O. The zero-order valence-electron chi connectivity index (χ0n) is 12.4. The highest BCUT2D eigenvalue weighted by atomic mass is 16.1. The smallest absolute Gasteiger partial charge is 0.223 e. The molecular weight excluding hydrogens is 224 g/mol. The molecule has 1 fully saturated rings. The first kappa shape index (κ1) is 15.5. The highest BCUT2D eigenvalue weighted by Crippen LogP contribution is 2.28. The van der Waals surface area contributed by atoms with Gasteiger partial charge in [0.25, 0.3) is 0 Å². The van der Waals surface area contributed by atoms with E-state index < -0.39 is 0 Å². The molecule has 106 valence electrons. The molecule has 0 heterocycles. The van der Waals surface area contributed by atoms with Crippen LogP contribution >= 0.6 is 0 Å². The van der Waals surface area contributed by atoms with Crippen molar-refractivity contribution in [2.24, 2.45) is 23.5 Å². The van der Waals surface area contributed by atoms with Crippen LogP contribution in [0.25, 0.3) is 0 Å². The van der Waals surface area contributed by atoms with Crippen molar-refractivity contribution in [3.63, 3.8) is 0 Å². The Morgan fingerprint density at radius 3 is 2.44 bits per heavy atom. The maximum absolute atomic E-state index is 12.2. The maximum atomic E-state index is 12.2. The third-order valence-electron chi connectivity index (χ3n) is 3.92. The molecule has 1 saturated carbocycles. The van der Waals surface area contributed by atoms with Gasteiger partial charge in [-0.05, 0) is 50.9 Å². The molecule has 3 heteroatoms. The number of hydrogen-bond donors (Lipinski definition) is 2. The van der Waals surface area contributed by atoms with Gasteiger partial charge in [0.15, 0.2) is 0 Å². The molecule has 0 aliphatic heterocycles. The molecule has 3 nitrogen and oxygen atoms in total. The van der Waals surface area contributed by atoms with Crippen LogP contribution in [0.5, 0.6) is 0 Å². The second kappa shape index (κ2) is 7.13. The lowest BCUT2D eigenvalue weighted by Crippen LogP contribution is -2.43. The monoisotopic (exact) mass is 254 g/mol. The van der Waals surface area contributed by atoms with Crippen molar-refractivity contribution in [3.05, 3.63) is 0 Å². The van der Waals surface area contributed by atoms with Crippen molar-refractivity contribution in [3.8, 4) is 0 Å². The summed E-state index contributed by atoms with van der Waals surface area (Å²) in [5.74, 6) is 1.63. The summed E-state index contributed by atoms with van der Waals surface area (Å²) in [5, 5.41) is 3.15. The van der Waals surface area contributed by atoms with Gasteiger partial charge >= 0.3 is 0 Å². The van der Waals surface area contributed by atoms with Gasteiger partial charge in [-0.2, -0.15) is 0 Å². The third kappa shape index (κ3) is 5.38. The molecule has 4 unspecified atom stereocenters. The molecule has 1 aliphatic rings. The van der Waals surface area contributed by atoms with E-state index in [1.54, 1.807) is 0 Å². The van der Waals surface area contributed by atoms with E-state index in [9.17, 15) is 4.79 Å². The molecule has 3 N–H and O–H groups in total. The van der Waals surface area contributed by atoms with Gasteiger partial charge in [0.2, 0.25) is 5.91 Å². The lowest BCUT2D eigenvalue weighted by Gasteiger charge is -2.31. The van der Waals surface area contributed by atoms with Gasteiger partial charge in [-0.25, -0.2) is 0 Å². The van der Waals surface area contributed by atoms with Crippen LogP contribution in [-0.4, -0.2) is 18.0 Å². The summed E-state index contributed by atoms with van der Waals surface area (Å²) in [5.41, 5.74) is 6.00. The topological polar surface area (TPSA) is 55.1 Å². The lowest BCUT2D eigenvalue weighted by molar-refractivity contribution is -0.127. The first-order valence-corrected chi connectivity index (χ1v) is 7.44. The van der Waals surface area contributed by atoms with Crippen molar-refractivity contribution in [2.75, 3.05) is 0 Å². The second-order valence-electron chi connectivity index (χ2n) is 6.65.